The number of rotatable bonds is 7. The van der Waals surface area contributed by atoms with Crippen molar-refractivity contribution in [2.75, 3.05) is 13.1 Å². The van der Waals surface area contributed by atoms with Crippen molar-refractivity contribution in [3.05, 3.63) is 39.9 Å². The van der Waals surface area contributed by atoms with Crippen molar-refractivity contribution in [3.8, 4) is 0 Å². The highest BCUT2D eigenvalue weighted by Crippen LogP contribution is 2.18. The molecule has 0 unspecified atom stereocenters. The quantitative estimate of drug-likeness (QED) is 0.461. The minimum atomic E-state index is -0.746. The number of non-ortho nitro benzene ring substituents is 1. The van der Waals surface area contributed by atoms with Gasteiger partial charge in [-0.2, -0.15) is 0 Å². The Kier molecular flexibility index (Phi) is 4.65. The lowest BCUT2D eigenvalue weighted by molar-refractivity contribution is -0.651. The molecule has 0 spiro atoms. The average Bonchev–Trinajstić information content (AvgIpc) is 3.22. The van der Waals surface area contributed by atoms with Crippen LogP contribution in [0.2, 0.25) is 0 Å². The number of hydrogen-bond acceptors (Lipinski definition) is 4. The molecule has 7 heteroatoms. The molecule has 108 valence electrons. The van der Waals surface area contributed by atoms with E-state index < -0.39 is 11.0 Å². The van der Waals surface area contributed by atoms with E-state index in [0.717, 1.165) is 12.8 Å². The third-order valence-corrected chi connectivity index (χ3v) is 3.15. The lowest BCUT2D eigenvalue weighted by Crippen LogP contribution is -2.87. The van der Waals surface area contributed by atoms with E-state index in [1.54, 1.807) is 5.32 Å². The highest BCUT2D eigenvalue weighted by molar-refractivity contribution is 5.77. The maximum Gasteiger partial charge on any atom is 0.275 e. The SMILES string of the molecule is O=C(C[NH2+]C[C@H](O)c1ccc([N+](=O)[O-])cc1)NC1CC1. The molecular weight excluding hydrogens is 262 g/mol. The van der Waals surface area contributed by atoms with Gasteiger partial charge in [0.25, 0.3) is 11.6 Å². The van der Waals surface area contributed by atoms with Crippen molar-refractivity contribution >= 4 is 11.6 Å². The molecule has 0 bridgehead atoms. The lowest BCUT2D eigenvalue weighted by Gasteiger charge is -2.09. The first-order valence-corrected chi connectivity index (χ1v) is 6.59. The van der Waals surface area contributed by atoms with Crippen LogP contribution in [0.4, 0.5) is 5.69 Å². The van der Waals surface area contributed by atoms with Crippen LogP contribution in [-0.4, -0.2) is 35.1 Å². The molecule has 1 aromatic rings. The molecule has 2 rings (SSSR count). The third-order valence-electron chi connectivity index (χ3n) is 3.15. The van der Waals surface area contributed by atoms with E-state index in [0.29, 0.717) is 18.2 Å². The molecule has 4 N–H and O–H groups in total. The minimum absolute atomic E-state index is 0.00580. The molecule has 0 heterocycles. The summed E-state index contributed by atoms with van der Waals surface area (Å²) in [7, 11) is 0. The van der Waals surface area contributed by atoms with Gasteiger partial charge in [-0.05, 0) is 30.5 Å². The van der Waals surface area contributed by atoms with Gasteiger partial charge in [0.15, 0.2) is 6.54 Å². The Morgan fingerprint density at radius 2 is 2.10 bits per heavy atom. The number of nitrogens with two attached hydrogens (primary N) is 1. The van der Waals surface area contributed by atoms with Gasteiger partial charge in [-0.25, -0.2) is 0 Å². The first-order chi connectivity index (χ1) is 9.56. The molecule has 0 saturated heterocycles. The van der Waals surface area contributed by atoms with Crippen LogP contribution in [-0.2, 0) is 4.79 Å². The first kappa shape index (κ1) is 14.4. The van der Waals surface area contributed by atoms with Crippen LogP contribution < -0.4 is 10.6 Å². The second kappa shape index (κ2) is 6.44. The molecule has 20 heavy (non-hydrogen) atoms. The van der Waals surface area contributed by atoms with Crippen molar-refractivity contribution in [1.29, 1.82) is 0 Å². The Morgan fingerprint density at radius 3 is 2.65 bits per heavy atom. The molecule has 1 atom stereocenters. The fourth-order valence-electron chi connectivity index (χ4n) is 1.84. The van der Waals surface area contributed by atoms with E-state index >= 15 is 0 Å². The van der Waals surface area contributed by atoms with Crippen LogP contribution in [0.5, 0.6) is 0 Å². The number of nitro benzene ring substituents is 1. The molecule has 1 aliphatic rings. The topological polar surface area (TPSA) is 109 Å². The summed E-state index contributed by atoms with van der Waals surface area (Å²) in [5.41, 5.74) is 0.600. The van der Waals surface area contributed by atoms with Crippen molar-refractivity contribution < 1.29 is 20.1 Å². The highest BCUT2D eigenvalue weighted by atomic mass is 16.6. The van der Waals surface area contributed by atoms with Gasteiger partial charge in [0.1, 0.15) is 12.6 Å². The second-order valence-corrected chi connectivity index (χ2v) is 4.93. The molecule has 1 aromatic carbocycles. The molecule has 0 radical (unpaired) electrons. The Labute approximate surface area is 116 Å². The fourth-order valence-corrected chi connectivity index (χ4v) is 1.84. The Morgan fingerprint density at radius 1 is 1.45 bits per heavy atom. The van der Waals surface area contributed by atoms with Crippen LogP contribution in [0.1, 0.15) is 24.5 Å². The van der Waals surface area contributed by atoms with Crippen LogP contribution in [0.15, 0.2) is 24.3 Å². The number of carbonyl (C=O) groups is 1. The van der Waals surface area contributed by atoms with E-state index in [2.05, 4.69) is 5.32 Å². The minimum Gasteiger partial charge on any atom is -0.382 e. The number of aliphatic hydroxyl groups is 1. The zero-order chi connectivity index (χ0) is 14.5. The number of aliphatic hydroxyl groups excluding tert-OH is 1. The summed E-state index contributed by atoms with van der Waals surface area (Å²) in [6.07, 6.45) is 1.36. The van der Waals surface area contributed by atoms with Crippen LogP contribution in [0.25, 0.3) is 0 Å². The van der Waals surface area contributed by atoms with Crippen molar-refractivity contribution in [2.45, 2.75) is 25.0 Å². The van der Waals surface area contributed by atoms with E-state index in [1.165, 1.54) is 24.3 Å². The molecule has 0 aliphatic heterocycles. The molecule has 1 aliphatic carbocycles. The smallest absolute Gasteiger partial charge is 0.275 e. The van der Waals surface area contributed by atoms with Crippen molar-refractivity contribution in [3.63, 3.8) is 0 Å². The summed E-state index contributed by atoms with van der Waals surface area (Å²) < 4.78 is 0. The first-order valence-electron chi connectivity index (χ1n) is 6.59. The Hall–Kier alpha value is -1.99. The van der Waals surface area contributed by atoms with Gasteiger partial charge < -0.3 is 15.7 Å². The number of quaternary nitrogens is 1. The number of nitrogens with one attached hydrogen (secondary N) is 1. The number of benzene rings is 1. The molecule has 1 saturated carbocycles. The van der Waals surface area contributed by atoms with Gasteiger partial charge in [0.05, 0.1) is 4.92 Å². The van der Waals surface area contributed by atoms with Crippen LogP contribution >= 0.6 is 0 Å². The van der Waals surface area contributed by atoms with E-state index in [-0.39, 0.29) is 18.1 Å². The molecule has 7 nitrogen and oxygen atoms in total. The standard InChI is InChI=1S/C13H17N3O4/c17-12(7-14-8-13(18)15-10-3-4-10)9-1-5-11(6-2-9)16(19)20/h1-2,5-6,10,12,14,17H,3-4,7-8H2,(H,15,18)/p+1/t12-/m0/s1. The average molecular weight is 280 g/mol. The van der Waals surface area contributed by atoms with Gasteiger partial charge in [0, 0.05) is 18.2 Å². The summed E-state index contributed by atoms with van der Waals surface area (Å²) in [5.74, 6) is -0.0246. The number of nitro groups is 1. The zero-order valence-electron chi connectivity index (χ0n) is 11.0. The number of nitrogens with zero attached hydrogens (tertiary/aromatic N) is 1. The summed E-state index contributed by atoms with van der Waals surface area (Å²) in [6, 6.07) is 6.12. The molecule has 0 aromatic heterocycles. The fraction of sp³-hybridized carbons (Fsp3) is 0.462. The predicted octanol–water partition coefficient (Wildman–Crippen LogP) is -0.530. The summed E-state index contributed by atoms with van der Waals surface area (Å²) in [4.78, 5) is 21.5. The predicted molar refractivity (Wildman–Crippen MR) is 70.9 cm³/mol. The van der Waals surface area contributed by atoms with Gasteiger partial charge in [-0.3, -0.25) is 14.9 Å². The van der Waals surface area contributed by atoms with Gasteiger partial charge in [0.2, 0.25) is 0 Å². The largest absolute Gasteiger partial charge is 0.382 e. The monoisotopic (exact) mass is 280 g/mol. The number of hydrogen-bond donors (Lipinski definition) is 3. The van der Waals surface area contributed by atoms with Gasteiger partial charge in [-0.15, -0.1) is 0 Å². The maximum absolute atomic E-state index is 11.4. The van der Waals surface area contributed by atoms with Crippen molar-refractivity contribution in [2.24, 2.45) is 0 Å². The second-order valence-electron chi connectivity index (χ2n) is 4.93. The normalized spacial score (nSPS) is 15.7. The van der Waals surface area contributed by atoms with Crippen LogP contribution in [0.3, 0.4) is 0 Å². The summed E-state index contributed by atoms with van der Waals surface area (Å²) in [5, 5.41) is 25.0. The van der Waals surface area contributed by atoms with Crippen LogP contribution in [0, 0.1) is 10.1 Å². The van der Waals surface area contributed by atoms with Gasteiger partial charge in [-0.1, -0.05) is 0 Å². The van der Waals surface area contributed by atoms with Gasteiger partial charge >= 0.3 is 0 Å². The van der Waals surface area contributed by atoms with Crippen molar-refractivity contribution in [1.82, 2.24) is 5.32 Å². The maximum atomic E-state index is 11.4. The highest BCUT2D eigenvalue weighted by Gasteiger charge is 2.23. The van der Waals surface area contributed by atoms with E-state index in [9.17, 15) is 20.0 Å². The van der Waals surface area contributed by atoms with E-state index in [4.69, 9.17) is 0 Å². The molecule has 1 fully saturated rings. The zero-order valence-corrected chi connectivity index (χ0v) is 11.0. The Bertz CT molecular complexity index is 485. The summed E-state index contributed by atoms with van der Waals surface area (Å²) in [6.45, 7) is 0.621. The Balaban J connectivity index is 1.74. The number of amides is 1. The summed E-state index contributed by atoms with van der Waals surface area (Å²) >= 11 is 0. The molecule has 1 amide bonds. The lowest BCUT2D eigenvalue weighted by atomic mass is 10.1. The third kappa shape index (κ3) is 4.29. The molecular formula is C13H18N3O4+. The van der Waals surface area contributed by atoms with E-state index in [1.807, 2.05) is 0 Å². The number of carbonyl (C=O) groups excluding carboxylic acids is 1.